The molecular formula is C13H14N2O2. The molecule has 0 atom stereocenters. The number of aromatic nitrogens is 1. The van der Waals surface area contributed by atoms with Crippen LogP contribution in [0.4, 0.5) is 0 Å². The zero-order chi connectivity index (χ0) is 12.3. The predicted molar refractivity (Wildman–Crippen MR) is 65.7 cm³/mol. The lowest BCUT2D eigenvalue weighted by atomic mass is 10.1. The van der Waals surface area contributed by atoms with Crippen LogP contribution in [0.5, 0.6) is 0 Å². The topological polar surface area (TPSA) is 62.0 Å². The third-order valence-corrected chi connectivity index (χ3v) is 2.56. The van der Waals surface area contributed by atoms with Crippen molar-refractivity contribution in [2.45, 2.75) is 13.3 Å². The number of Topliss-reactive ketones (excluding diaryl/α,β-unsaturated/α-hetero) is 1. The third kappa shape index (κ3) is 2.72. The molecule has 1 heterocycles. The second-order valence-corrected chi connectivity index (χ2v) is 4.02. The number of benzene rings is 1. The molecule has 0 radical (unpaired) electrons. The standard InChI is InChI=1S/C13H14N2O2/c1-9(16)7-15-13(17)6-10-8-14-12-5-3-2-4-11(10)12/h2-5,8,14H,6-7H2,1H3,(H,15,17). The lowest BCUT2D eigenvalue weighted by Gasteiger charge is -2.01. The van der Waals surface area contributed by atoms with Crippen molar-refractivity contribution in [3.8, 4) is 0 Å². The number of carbonyl (C=O) groups is 2. The lowest BCUT2D eigenvalue weighted by molar-refractivity contribution is -0.123. The number of H-pyrrole nitrogens is 1. The zero-order valence-electron chi connectivity index (χ0n) is 9.62. The molecule has 0 aliphatic heterocycles. The molecule has 4 nitrogen and oxygen atoms in total. The van der Waals surface area contributed by atoms with Crippen LogP contribution >= 0.6 is 0 Å². The smallest absolute Gasteiger partial charge is 0.224 e. The van der Waals surface area contributed by atoms with Crippen LogP contribution in [0.1, 0.15) is 12.5 Å². The van der Waals surface area contributed by atoms with E-state index in [-0.39, 0.29) is 24.7 Å². The summed E-state index contributed by atoms with van der Waals surface area (Å²) in [6.07, 6.45) is 2.12. The van der Waals surface area contributed by atoms with Crippen molar-refractivity contribution in [1.29, 1.82) is 0 Å². The molecule has 17 heavy (non-hydrogen) atoms. The van der Waals surface area contributed by atoms with E-state index < -0.39 is 0 Å². The molecule has 0 saturated heterocycles. The fourth-order valence-electron chi connectivity index (χ4n) is 1.74. The molecule has 0 saturated carbocycles. The highest BCUT2D eigenvalue weighted by Crippen LogP contribution is 2.17. The summed E-state index contributed by atoms with van der Waals surface area (Å²) in [5, 5.41) is 3.63. The minimum atomic E-state index is -0.134. The minimum Gasteiger partial charge on any atom is -0.361 e. The van der Waals surface area contributed by atoms with Crippen LogP contribution < -0.4 is 5.32 Å². The van der Waals surface area contributed by atoms with Gasteiger partial charge in [-0.1, -0.05) is 18.2 Å². The van der Waals surface area contributed by atoms with Gasteiger partial charge in [0.15, 0.2) is 0 Å². The first-order valence-corrected chi connectivity index (χ1v) is 5.48. The van der Waals surface area contributed by atoms with Gasteiger partial charge in [-0.15, -0.1) is 0 Å². The molecule has 0 spiro atoms. The van der Waals surface area contributed by atoms with E-state index in [1.165, 1.54) is 6.92 Å². The van der Waals surface area contributed by atoms with Crippen LogP contribution in [0.3, 0.4) is 0 Å². The molecule has 88 valence electrons. The van der Waals surface area contributed by atoms with Crippen molar-refractivity contribution < 1.29 is 9.59 Å². The van der Waals surface area contributed by atoms with E-state index in [0.717, 1.165) is 16.5 Å². The molecule has 0 unspecified atom stereocenters. The summed E-state index contributed by atoms with van der Waals surface area (Å²) < 4.78 is 0. The molecule has 2 N–H and O–H groups in total. The van der Waals surface area contributed by atoms with Crippen molar-refractivity contribution >= 4 is 22.6 Å². The van der Waals surface area contributed by atoms with Crippen LogP contribution in [0.25, 0.3) is 10.9 Å². The Morgan fingerprint density at radius 1 is 1.29 bits per heavy atom. The summed E-state index contributed by atoms with van der Waals surface area (Å²) in [5.74, 6) is -0.178. The van der Waals surface area contributed by atoms with E-state index in [1.807, 2.05) is 30.5 Å². The van der Waals surface area contributed by atoms with E-state index in [4.69, 9.17) is 0 Å². The average Bonchev–Trinajstić information content (AvgIpc) is 2.70. The largest absolute Gasteiger partial charge is 0.361 e. The second-order valence-electron chi connectivity index (χ2n) is 4.02. The normalized spacial score (nSPS) is 10.4. The zero-order valence-corrected chi connectivity index (χ0v) is 9.62. The maximum atomic E-state index is 11.6. The minimum absolute atomic E-state index is 0.0442. The monoisotopic (exact) mass is 230 g/mol. The van der Waals surface area contributed by atoms with Crippen LogP contribution in [0, 0.1) is 0 Å². The summed E-state index contributed by atoms with van der Waals surface area (Å²) in [6.45, 7) is 1.55. The summed E-state index contributed by atoms with van der Waals surface area (Å²) in [7, 11) is 0. The van der Waals surface area contributed by atoms with Gasteiger partial charge in [-0.2, -0.15) is 0 Å². The van der Waals surface area contributed by atoms with Crippen LogP contribution in [-0.4, -0.2) is 23.2 Å². The summed E-state index contributed by atoms with van der Waals surface area (Å²) in [6, 6.07) is 7.82. The number of hydrogen-bond acceptors (Lipinski definition) is 2. The van der Waals surface area contributed by atoms with E-state index >= 15 is 0 Å². The van der Waals surface area contributed by atoms with Crippen LogP contribution in [-0.2, 0) is 16.0 Å². The SMILES string of the molecule is CC(=O)CNC(=O)Cc1c[nH]c2ccccc12. The van der Waals surface area contributed by atoms with Gasteiger partial charge in [0, 0.05) is 17.1 Å². The maximum Gasteiger partial charge on any atom is 0.224 e. The molecule has 1 amide bonds. The first-order chi connectivity index (χ1) is 8.16. The summed E-state index contributed by atoms with van der Waals surface area (Å²) >= 11 is 0. The Bertz CT molecular complexity index is 557. The van der Waals surface area contributed by atoms with Gasteiger partial charge < -0.3 is 10.3 Å². The molecule has 2 rings (SSSR count). The number of fused-ring (bicyclic) bond motifs is 1. The molecule has 0 fully saturated rings. The molecule has 1 aromatic heterocycles. The average molecular weight is 230 g/mol. The third-order valence-electron chi connectivity index (χ3n) is 2.56. The number of nitrogens with one attached hydrogen (secondary N) is 2. The summed E-state index contributed by atoms with van der Waals surface area (Å²) in [5.41, 5.74) is 1.96. The number of para-hydroxylation sites is 1. The molecule has 0 bridgehead atoms. The van der Waals surface area contributed by atoms with Crippen LogP contribution in [0.15, 0.2) is 30.5 Å². The van der Waals surface area contributed by atoms with Crippen molar-refractivity contribution in [2.24, 2.45) is 0 Å². The fourth-order valence-corrected chi connectivity index (χ4v) is 1.74. The van der Waals surface area contributed by atoms with Gasteiger partial charge in [0.2, 0.25) is 5.91 Å². The highest BCUT2D eigenvalue weighted by Gasteiger charge is 2.08. The quantitative estimate of drug-likeness (QED) is 0.834. The Kier molecular flexibility index (Phi) is 3.23. The Morgan fingerprint density at radius 3 is 2.82 bits per heavy atom. The van der Waals surface area contributed by atoms with E-state index in [2.05, 4.69) is 10.3 Å². The number of ketones is 1. The molecule has 2 aromatic rings. The highest BCUT2D eigenvalue weighted by molar-refractivity contribution is 5.90. The van der Waals surface area contributed by atoms with Crippen molar-refractivity contribution in [3.63, 3.8) is 0 Å². The number of hydrogen-bond donors (Lipinski definition) is 2. The Balaban J connectivity index is 2.08. The second kappa shape index (κ2) is 4.82. The first-order valence-electron chi connectivity index (χ1n) is 5.48. The van der Waals surface area contributed by atoms with Crippen molar-refractivity contribution in [2.75, 3.05) is 6.54 Å². The Morgan fingerprint density at radius 2 is 2.06 bits per heavy atom. The van der Waals surface area contributed by atoms with Gasteiger partial charge in [-0.05, 0) is 18.6 Å². The number of aromatic amines is 1. The fraction of sp³-hybridized carbons (Fsp3) is 0.231. The molecule has 0 aliphatic rings. The van der Waals surface area contributed by atoms with Gasteiger partial charge in [0.1, 0.15) is 5.78 Å². The molecule has 1 aromatic carbocycles. The number of amides is 1. The Labute approximate surface area is 99.0 Å². The first kappa shape index (κ1) is 11.4. The molecule has 0 aliphatic carbocycles. The van der Waals surface area contributed by atoms with Gasteiger partial charge in [0.05, 0.1) is 13.0 Å². The van der Waals surface area contributed by atoms with Gasteiger partial charge >= 0.3 is 0 Å². The number of rotatable bonds is 4. The lowest BCUT2D eigenvalue weighted by Crippen LogP contribution is -2.29. The molecular weight excluding hydrogens is 216 g/mol. The van der Waals surface area contributed by atoms with Crippen LogP contribution in [0.2, 0.25) is 0 Å². The van der Waals surface area contributed by atoms with Gasteiger partial charge in [0.25, 0.3) is 0 Å². The predicted octanol–water partition coefficient (Wildman–Crippen LogP) is 1.42. The van der Waals surface area contributed by atoms with Gasteiger partial charge in [-0.3, -0.25) is 9.59 Å². The van der Waals surface area contributed by atoms with E-state index in [1.54, 1.807) is 0 Å². The molecule has 4 heteroatoms. The Hall–Kier alpha value is -2.10. The van der Waals surface area contributed by atoms with Crippen molar-refractivity contribution in [3.05, 3.63) is 36.0 Å². The van der Waals surface area contributed by atoms with Crippen molar-refractivity contribution in [1.82, 2.24) is 10.3 Å². The summed E-state index contributed by atoms with van der Waals surface area (Å²) in [4.78, 5) is 25.4. The number of carbonyl (C=O) groups excluding carboxylic acids is 2. The highest BCUT2D eigenvalue weighted by atomic mass is 16.2. The van der Waals surface area contributed by atoms with E-state index in [0.29, 0.717) is 0 Å². The van der Waals surface area contributed by atoms with Gasteiger partial charge in [-0.25, -0.2) is 0 Å². The van der Waals surface area contributed by atoms with E-state index in [9.17, 15) is 9.59 Å². The maximum absolute atomic E-state index is 11.6.